The van der Waals surface area contributed by atoms with Gasteiger partial charge in [0.05, 0.1) is 0 Å². The van der Waals surface area contributed by atoms with Crippen molar-refractivity contribution in [2.24, 2.45) is 5.92 Å². The highest BCUT2D eigenvalue weighted by Crippen LogP contribution is 2.36. The highest BCUT2D eigenvalue weighted by atomic mass is 19.1. The third-order valence-electron chi connectivity index (χ3n) is 7.28. The lowest BCUT2D eigenvalue weighted by Gasteiger charge is -2.43. The van der Waals surface area contributed by atoms with E-state index >= 15 is 0 Å². The molecule has 1 fully saturated rings. The van der Waals surface area contributed by atoms with Gasteiger partial charge in [0.1, 0.15) is 11.5 Å². The minimum absolute atomic E-state index is 0.0337. The molecule has 3 aromatic carbocycles. The van der Waals surface area contributed by atoms with Crippen LogP contribution in [0.15, 0.2) is 83.7 Å². The number of halogens is 1. The van der Waals surface area contributed by atoms with E-state index in [1.54, 1.807) is 12.1 Å². The van der Waals surface area contributed by atoms with Crippen molar-refractivity contribution in [1.82, 2.24) is 9.47 Å². The van der Waals surface area contributed by atoms with Gasteiger partial charge in [0.25, 0.3) is 11.5 Å². The zero-order chi connectivity index (χ0) is 23.9. The second kappa shape index (κ2) is 8.69. The molecule has 0 aliphatic carbocycles. The molecule has 176 valence electrons. The summed E-state index contributed by atoms with van der Waals surface area (Å²) in [5.41, 5.74) is 3.12. The third-order valence-corrected chi connectivity index (χ3v) is 7.28. The molecule has 2 aliphatic heterocycles. The molecule has 1 aromatic heterocycles. The van der Waals surface area contributed by atoms with Gasteiger partial charge in [0, 0.05) is 43.4 Å². The van der Waals surface area contributed by atoms with Crippen molar-refractivity contribution >= 4 is 22.4 Å². The summed E-state index contributed by atoms with van der Waals surface area (Å²) >= 11 is 0. The summed E-state index contributed by atoms with van der Waals surface area (Å²) in [5, 5.41) is 5.39. The van der Waals surface area contributed by atoms with Gasteiger partial charge in [0.2, 0.25) is 0 Å². The van der Waals surface area contributed by atoms with E-state index in [0.29, 0.717) is 37.4 Å². The molecule has 6 heteroatoms. The Kier molecular flexibility index (Phi) is 5.36. The number of carbonyl (C=O) groups is 1. The summed E-state index contributed by atoms with van der Waals surface area (Å²) in [4.78, 5) is 28.6. The normalized spacial score (nSPS) is 18.8. The minimum atomic E-state index is -0.276. The lowest BCUT2D eigenvalue weighted by atomic mass is 9.83. The number of hydrogen-bond acceptors (Lipinski definition) is 3. The number of hydrogen-bond donors (Lipinski definition) is 1. The van der Waals surface area contributed by atoms with Crippen LogP contribution < -0.4 is 10.9 Å². The Bertz CT molecular complexity index is 1480. The maximum Gasteiger partial charge on any atom is 0.274 e. The van der Waals surface area contributed by atoms with Crippen LogP contribution in [-0.4, -0.2) is 28.5 Å². The molecule has 2 bridgehead atoms. The smallest absolute Gasteiger partial charge is 0.274 e. The molecule has 0 spiro atoms. The molecule has 0 saturated carbocycles. The van der Waals surface area contributed by atoms with Gasteiger partial charge in [-0.25, -0.2) is 4.39 Å². The Morgan fingerprint density at radius 1 is 0.914 bits per heavy atom. The Morgan fingerprint density at radius 3 is 2.54 bits per heavy atom. The number of nitrogens with zero attached hydrogens (tertiary/aromatic N) is 2. The molecule has 0 unspecified atom stereocenters. The second-order valence-electron chi connectivity index (χ2n) is 9.64. The number of pyridine rings is 1. The number of aromatic nitrogens is 1. The lowest BCUT2D eigenvalue weighted by molar-refractivity contribution is 0.0595. The van der Waals surface area contributed by atoms with E-state index in [0.717, 1.165) is 28.5 Å². The molecule has 0 radical (unpaired) electrons. The fraction of sp³-hybridized carbons (Fsp3) is 0.241. The summed E-state index contributed by atoms with van der Waals surface area (Å²) in [6.45, 7) is 2.33. The van der Waals surface area contributed by atoms with E-state index in [9.17, 15) is 14.0 Å². The largest absolute Gasteiger partial charge is 0.377 e. The van der Waals surface area contributed by atoms with E-state index < -0.39 is 0 Å². The molecule has 4 aromatic rings. The number of anilines is 1. The van der Waals surface area contributed by atoms with Crippen molar-refractivity contribution in [3.05, 3.63) is 112 Å². The average Bonchev–Trinajstić information content (AvgIpc) is 2.89. The lowest BCUT2D eigenvalue weighted by Crippen LogP contribution is -2.49. The molecule has 6 rings (SSSR count). The van der Waals surface area contributed by atoms with Crippen molar-refractivity contribution in [1.29, 1.82) is 0 Å². The van der Waals surface area contributed by atoms with Gasteiger partial charge in [-0.1, -0.05) is 42.5 Å². The highest BCUT2D eigenvalue weighted by Gasteiger charge is 2.37. The van der Waals surface area contributed by atoms with Gasteiger partial charge in [-0.2, -0.15) is 0 Å². The third kappa shape index (κ3) is 4.09. The summed E-state index contributed by atoms with van der Waals surface area (Å²) in [7, 11) is 0. The van der Waals surface area contributed by atoms with Crippen LogP contribution in [0.25, 0.3) is 10.8 Å². The van der Waals surface area contributed by atoms with E-state index in [1.807, 2.05) is 64.1 Å². The predicted molar refractivity (Wildman–Crippen MR) is 135 cm³/mol. The molecule has 1 amide bonds. The molecule has 2 atom stereocenters. The number of piperidine rings is 1. The highest BCUT2D eigenvalue weighted by molar-refractivity contribution is 5.98. The molecule has 2 aliphatic rings. The zero-order valence-electron chi connectivity index (χ0n) is 19.3. The number of rotatable bonds is 4. The van der Waals surface area contributed by atoms with Gasteiger partial charge in [-0.05, 0) is 65.1 Å². The Hall–Kier alpha value is -3.93. The van der Waals surface area contributed by atoms with Crippen LogP contribution in [0.3, 0.4) is 0 Å². The second-order valence-corrected chi connectivity index (χ2v) is 9.64. The van der Waals surface area contributed by atoms with E-state index in [-0.39, 0.29) is 29.1 Å². The summed E-state index contributed by atoms with van der Waals surface area (Å²) < 4.78 is 15.0. The van der Waals surface area contributed by atoms with Crippen LogP contribution in [0.4, 0.5) is 10.1 Å². The molecule has 1 N–H and O–H groups in total. The van der Waals surface area contributed by atoms with Gasteiger partial charge < -0.3 is 14.8 Å². The summed E-state index contributed by atoms with van der Waals surface area (Å²) in [6, 6.07) is 24.1. The van der Waals surface area contributed by atoms with Crippen molar-refractivity contribution in [3.63, 3.8) is 0 Å². The molecule has 35 heavy (non-hydrogen) atoms. The monoisotopic (exact) mass is 467 g/mol. The van der Waals surface area contributed by atoms with Crippen LogP contribution in [0.5, 0.6) is 0 Å². The summed E-state index contributed by atoms with van der Waals surface area (Å²) in [6.07, 6.45) is 0.989. The van der Waals surface area contributed by atoms with Crippen molar-refractivity contribution < 1.29 is 9.18 Å². The number of nitrogens with one attached hydrogen (secondary N) is 1. The first-order valence-electron chi connectivity index (χ1n) is 12.1. The zero-order valence-corrected chi connectivity index (χ0v) is 19.3. The molecule has 5 nitrogen and oxygen atoms in total. The topological polar surface area (TPSA) is 54.3 Å². The Labute approximate surface area is 202 Å². The van der Waals surface area contributed by atoms with E-state index in [4.69, 9.17) is 0 Å². The number of fused-ring (bicyclic) bond motifs is 5. The molecule has 1 saturated heterocycles. The van der Waals surface area contributed by atoms with Gasteiger partial charge in [-0.3, -0.25) is 9.59 Å². The molecular formula is C29H26FN3O2. The Morgan fingerprint density at radius 2 is 1.71 bits per heavy atom. The maximum absolute atomic E-state index is 13.4. The van der Waals surface area contributed by atoms with Crippen molar-refractivity contribution in [3.8, 4) is 0 Å². The minimum Gasteiger partial charge on any atom is -0.377 e. The molecule has 3 heterocycles. The van der Waals surface area contributed by atoms with Crippen LogP contribution in [0.2, 0.25) is 0 Å². The number of amides is 1. The first-order valence-corrected chi connectivity index (χ1v) is 12.1. The standard InChI is InChI=1S/C29H26FN3O2/c30-25-9-5-19(6-10-25)15-31-26-11-12-27-24-13-20(17-33(27)29(26)35)16-32(18-24)28(34)23-8-7-21-3-1-2-4-22(21)14-23/h1-12,14,20,24,31H,13,15-18H2/t20-,24-/m1/s1. The number of likely N-dealkylation sites (tertiary alicyclic amines) is 1. The number of carbonyl (C=O) groups excluding carboxylic acids is 1. The van der Waals surface area contributed by atoms with Gasteiger partial charge in [-0.15, -0.1) is 0 Å². The van der Waals surface area contributed by atoms with Gasteiger partial charge >= 0.3 is 0 Å². The van der Waals surface area contributed by atoms with Crippen LogP contribution >= 0.6 is 0 Å². The fourth-order valence-corrected chi connectivity index (χ4v) is 5.55. The van der Waals surface area contributed by atoms with Crippen LogP contribution in [-0.2, 0) is 13.1 Å². The van der Waals surface area contributed by atoms with Gasteiger partial charge in [0.15, 0.2) is 0 Å². The van der Waals surface area contributed by atoms with E-state index in [1.165, 1.54) is 12.1 Å². The number of benzene rings is 3. The van der Waals surface area contributed by atoms with Crippen LogP contribution in [0, 0.1) is 11.7 Å². The maximum atomic E-state index is 13.4. The predicted octanol–water partition coefficient (Wildman–Crippen LogP) is 5.01. The van der Waals surface area contributed by atoms with Crippen molar-refractivity contribution in [2.75, 3.05) is 18.4 Å². The first kappa shape index (κ1) is 21.6. The molecular weight excluding hydrogens is 441 g/mol. The van der Waals surface area contributed by atoms with E-state index in [2.05, 4.69) is 5.32 Å². The average molecular weight is 468 g/mol. The first-order chi connectivity index (χ1) is 17.0. The SMILES string of the molecule is O=C(c1ccc2ccccc2c1)N1C[C@H]2C[C@H](C1)c1ccc(NCc3ccc(F)cc3)c(=O)n1C2. The quantitative estimate of drug-likeness (QED) is 0.459. The Balaban J connectivity index is 1.21. The fourth-order valence-electron chi connectivity index (χ4n) is 5.55. The van der Waals surface area contributed by atoms with Crippen LogP contribution in [0.1, 0.15) is 34.0 Å². The summed E-state index contributed by atoms with van der Waals surface area (Å²) in [5.74, 6) is 0.169. The van der Waals surface area contributed by atoms with Crippen molar-refractivity contribution in [2.45, 2.75) is 25.4 Å².